The molecule has 0 aromatic heterocycles. The highest BCUT2D eigenvalue weighted by atomic mass is 35.5. The van der Waals surface area contributed by atoms with Crippen LogP contribution in [-0.2, 0) is 9.59 Å². The summed E-state index contributed by atoms with van der Waals surface area (Å²) in [7, 11) is 0. The Bertz CT molecular complexity index is 762. The molecule has 25 heavy (non-hydrogen) atoms. The minimum atomic E-state index is -1.08. The summed E-state index contributed by atoms with van der Waals surface area (Å²) in [6.45, 7) is -0.678. The lowest BCUT2D eigenvalue weighted by Gasteiger charge is -2.06. The minimum absolute atomic E-state index is 0.212. The second-order valence-corrected chi connectivity index (χ2v) is 5.19. The Kier molecular flexibility index (Phi) is 6.79. The van der Waals surface area contributed by atoms with E-state index in [-0.39, 0.29) is 6.61 Å². The molecule has 0 aliphatic carbocycles. The normalized spacial score (nSPS) is 10.4. The van der Waals surface area contributed by atoms with Crippen LogP contribution in [-0.4, -0.2) is 36.4 Å². The molecule has 0 aliphatic rings. The first-order valence-corrected chi connectivity index (χ1v) is 7.56. The van der Waals surface area contributed by atoms with Gasteiger partial charge in [0.2, 0.25) is 0 Å². The summed E-state index contributed by atoms with van der Waals surface area (Å²) in [5, 5.41) is 13.0. The van der Waals surface area contributed by atoms with Crippen molar-refractivity contribution in [3.05, 3.63) is 59.1 Å². The summed E-state index contributed by atoms with van der Waals surface area (Å²) in [5.74, 6) is -0.675. The maximum Gasteiger partial charge on any atom is 0.341 e. The number of hydrogen-bond donors (Lipinski definition) is 2. The molecule has 0 saturated carbocycles. The van der Waals surface area contributed by atoms with Gasteiger partial charge in [-0.2, -0.15) is 5.10 Å². The number of amides is 1. The van der Waals surface area contributed by atoms with Crippen molar-refractivity contribution in [1.82, 2.24) is 5.43 Å². The van der Waals surface area contributed by atoms with E-state index in [1.165, 1.54) is 6.21 Å². The van der Waals surface area contributed by atoms with Crippen molar-refractivity contribution < 1.29 is 24.2 Å². The number of aliphatic carboxylic acids is 1. The molecule has 0 spiro atoms. The third-order valence-corrected chi connectivity index (χ3v) is 3.10. The van der Waals surface area contributed by atoms with Crippen LogP contribution in [0.1, 0.15) is 5.56 Å². The molecule has 0 fully saturated rings. The molecule has 2 N–H and O–H groups in total. The summed E-state index contributed by atoms with van der Waals surface area (Å²) < 4.78 is 10.4. The third-order valence-electron chi connectivity index (χ3n) is 2.85. The largest absolute Gasteiger partial charge is 0.484 e. The van der Waals surface area contributed by atoms with Crippen molar-refractivity contribution in [2.75, 3.05) is 13.2 Å². The number of carboxylic acids is 1. The van der Waals surface area contributed by atoms with Crippen LogP contribution in [0.15, 0.2) is 53.6 Å². The van der Waals surface area contributed by atoms with E-state index in [4.69, 9.17) is 26.2 Å². The molecule has 0 aliphatic heterocycles. The number of ether oxygens (including phenoxy) is 2. The van der Waals surface area contributed by atoms with Crippen molar-refractivity contribution in [2.24, 2.45) is 5.10 Å². The van der Waals surface area contributed by atoms with Gasteiger partial charge in [0.15, 0.2) is 13.2 Å². The van der Waals surface area contributed by atoms with E-state index in [1.807, 2.05) is 0 Å². The number of halogens is 1. The first-order valence-electron chi connectivity index (χ1n) is 7.18. The van der Waals surface area contributed by atoms with Crippen LogP contribution in [0.4, 0.5) is 0 Å². The smallest absolute Gasteiger partial charge is 0.341 e. The number of benzene rings is 2. The number of hydrogen-bond acceptors (Lipinski definition) is 5. The fourth-order valence-corrected chi connectivity index (χ4v) is 1.87. The van der Waals surface area contributed by atoms with E-state index in [9.17, 15) is 9.59 Å². The van der Waals surface area contributed by atoms with E-state index in [2.05, 4.69) is 10.5 Å². The maximum absolute atomic E-state index is 11.7. The van der Waals surface area contributed by atoms with Gasteiger partial charge < -0.3 is 14.6 Å². The van der Waals surface area contributed by atoms with Crippen LogP contribution < -0.4 is 14.9 Å². The molecule has 0 heterocycles. The van der Waals surface area contributed by atoms with Crippen molar-refractivity contribution in [2.45, 2.75) is 0 Å². The van der Waals surface area contributed by atoms with Crippen LogP contribution >= 0.6 is 11.6 Å². The topological polar surface area (TPSA) is 97.2 Å². The van der Waals surface area contributed by atoms with Crippen molar-refractivity contribution in [3.63, 3.8) is 0 Å². The summed E-state index contributed by atoms with van der Waals surface area (Å²) in [4.78, 5) is 22.2. The molecule has 2 aromatic rings. The zero-order valence-electron chi connectivity index (χ0n) is 13.0. The summed E-state index contributed by atoms with van der Waals surface area (Å²) >= 11 is 5.76. The molecule has 1 amide bonds. The Morgan fingerprint density at radius 3 is 2.52 bits per heavy atom. The van der Waals surface area contributed by atoms with Gasteiger partial charge in [-0.05, 0) is 36.4 Å². The van der Waals surface area contributed by atoms with Gasteiger partial charge in [0.1, 0.15) is 11.5 Å². The summed E-state index contributed by atoms with van der Waals surface area (Å²) in [6.07, 6.45) is 1.36. The maximum atomic E-state index is 11.7. The van der Waals surface area contributed by atoms with E-state index in [1.54, 1.807) is 48.5 Å². The standard InChI is InChI=1S/C17H15ClN2O5/c18-13-5-7-14(8-6-13)24-10-16(21)20-19-9-12-3-1-2-4-15(12)25-11-17(22)23/h1-9H,10-11H2,(H,20,21)(H,22,23). The molecule has 0 unspecified atom stereocenters. The Labute approximate surface area is 148 Å². The number of rotatable bonds is 8. The van der Waals surface area contributed by atoms with Crippen molar-refractivity contribution in [1.29, 1.82) is 0 Å². The van der Waals surface area contributed by atoms with Crippen molar-refractivity contribution >= 4 is 29.7 Å². The molecule has 0 saturated heterocycles. The van der Waals surface area contributed by atoms with Crippen LogP contribution in [0.5, 0.6) is 11.5 Å². The fourth-order valence-electron chi connectivity index (χ4n) is 1.74. The second-order valence-electron chi connectivity index (χ2n) is 4.76. The number of carboxylic acid groups (broad SMARTS) is 1. The lowest BCUT2D eigenvalue weighted by molar-refractivity contribution is -0.139. The Morgan fingerprint density at radius 1 is 1.08 bits per heavy atom. The summed E-state index contributed by atoms with van der Waals surface area (Å²) in [5.41, 5.74) is 2.84. The minimum Gasteiger partial charge on any atom is -0.484 e. The van der Waals surface area contributed by atoms with Crippen molar-refractivity contribution in [3.8, 4) is 11.5 Å². The van der Waals surface area contributed by atoms with Crippen LogP contribution in [0, 0.1) is 0 Å². The van der Waals surface area contributed by atoms with Gasteiger partial charge in [0.25, 0.3) is 5.91 Å². The van der Waals surface area contributed by atoms with Gasteiger partial charge in [-0.25, -0.2) is 10.2 Å². The molecule has 0 atom stereocenters. The van der Waals surface area contributed by atoms with E-state index in [0.29, 0.717) is 22.1 Å². The quantitative estimate of drug-likeness (QED) is 0.555. The average Bonchev–Trinajstić information content (AvgIpc) is 2.60. The van der Waals surface area contributed by atoms with E-state index < -0.39 is 18.5 Å². The number of carbonyl (C=O) groups excluding carboxylic acids is 1. The predicted octanol–water partition coefficient (Wildman–Crippen LogP) is 2.33. The number of para-hydroxylation sites is 1. The Hall–Kier alpha value is -3.06. The molecule has 2 aromatic carbocycles. The predicted molar refractivity (Wildman–Crippen MR) is 92.3 cm³/mol. The highest BCUT2D eigenvalue weighted by Gasteiger charge is 2.04. The molecular weight excluding hydrogens is 348 g/mol. The summed E-state index contributed by atoms with van der Waals surface area (Å²) in [6, 6.07) is 13.3. The van der Waals surface area contributed by atoms with E-state index in [0.717, 1.165) is 0 Å². The lowest BCUT2D eigenvalue weighted by atomic mass is 10.2. The van der Waals surface area contributed by atoms with Gasteiger partial charge in [-0.1, -0.05) is 23.7 Å². The Morgan fingerprint density at radius 2 is 1.80 bits per heavy atom. The fraction of sp³-hybridized carbons (Fsp3) is 0.118. The van der Waals surface area contributed by atoms with Crippen LogP contribution in [0.3, 0.4) is 0 Å². The molecule has 2 rings (SSSR count). The molecule has 0 bridgehead atoms. The van der Waals surface area contributed by atoms with Gasteiger partial charge in [-0.15, -0.1) is 0 Å². The molecule has 7 nitrogen and oxygen atoms in total. The molecular formula is C17H15ClN2O5. The monoisotopic (exact) mass is 362 g/mol. The average molecular weight is 363 g/mol. The van der Waals surface area contributed by atoms with Gasteiger partial charge in [-0.3, -0.25) is 4.79 Å². The van der Waals surface area contributed by atoms with Gasteiger partial charge in [0.05, 0.1) is 6.21 Å². The first-order chi connectivity index (χ1) is 12.0. The van der Waals surface area contributed by atoms with Gasteiger partial charge in [0, 0.05) is 10.6 Å². The SMILES string of the molecule is O=C(O)COc1ccccc1C=NNC(=O)COc1ccc(Cl)cc1. The first kappa shape index (κ1) is 18.3. The van der Waals surface area contributed by atoms with E-state index >= 15 is 0 Å². The number of carbonyl (C=O) groups is 2. The number of hydrazone groups is 1. The van der Waals surface area contributed by atoms with Crippen LogP contribution in [0.2, 0.25) is 5.02 Å². The van der Waals surface area contributed by atoms with Crippen LogP contribution in [0.25, 0.3) is 0 Å². The zero-order valence-corrected chi connectivity index (χ0v) is 13.8. The number of nitrogens with one attached hydrogen (secondary N) is 1. The number of nitrogens with zero attached hydrogens (tertiary/aromatic N) is 1. The molecule has 130 valence electrons. The third kappa shape index (κ3) is 6.52. The highest BCUT2D eigenvalue weighted by molar-refractivity contribution is 6.30. The van der Waals surface area contributed by atoms with Gasteiger partial charge >= 0.3 is 5.97 Å². The molecule has 0 radical (unpaired) electrons. The zero-order chi connectivity index (χ0) is 18.1. The lowest BCUT2D eigenvalue weighted by Crippen LogP contribution is -2.24. The Balaban J connectivity index is 1.84. The second kappa shape index (κ2) is 9.29. The molecule has 8 heteroatoms. The highest BCUT2D eigenvalue weighted by Crippen LogP contribution is 2.16.